The highest BCUT2D eigenvalue weighted by molar-refractivity contribution is 5.92. The molecular weight excluding hydrogens is 348 g/mol. The van der Waals surface area contributed by atoms with Crippen LogP contribution in [-0.4, -0.2) is 55.0 Å². The minimum Gasteiger partial charge on any atom is -0.493 e. The molecular formula is C24H30N2O2. The first kappa shape index (κ1) is 20.2. The van der Waals surface area contributed by atoms with E-state index in [1.807, 2.05) is 41.3 Å². The Morgan fingerprint density at radius 3 is 2.39 bits per heavy atom. The Hall–Kier alpha value is -2.59. The highest BCUT2D eigenvalue weighted by Gasteiger charge is 2.26. The summed E-state index contributed by atoms with van der Waals surface area (Å²) in [6.07, 6.45) is 1.02. The average molecular weight is 379 g/mol. The van der Waals surface area contributed by atoms with Gasteiger partial charge in [0.1, 0.15) is 5.75 Å². The monoisotopic (exact) mass is 378 g/mol. The molecule has 1 unspecified atom stereocenters. The molecule has 0 N–H and O–H groups in total. The molecule has 0 aromatic heterocycles. The third-order valence-electron chi connectivity index (χ3n) is 5.12. The van der Waals surface area contributed by atoms with Crippen LogP contribution in [-0.2, 0) is 11.2 Å². The van der Waals surface area contributed by atoms with Crippen molar-refractivity contribution in [2.24, 2.45) is 5.92 Å². The van der Waals surface area contributed by atoms with Crippen molar-refractivity contribution in [2.75, 3.05) is 39.3 Å². The molecule has 2 aromatic carbocycles. The van der Waals surface area contributed by atoms with Crippen molar-refractivity contribution in [3.63, 3.8) is 0 Å². The molecule has 1 aliphatic heterocycles. The van der Waals surface area contributed by atoms with E-state index < -0.39 is 0 Å². The molecule has 0 bridgehead atoms. The molecule has 148 valence electrons. The van der Waals surface area contributed by atoms with Crippen LogP contribution >= 0.6 is 0 Å². The van der Waals surface area contributed by atoms with E-state index in [1.165, 1.54) is 5.56 Å². The number of para-hydroxylation sites is 1. The largest absolute Gasteiger partial charge is 0.493 e. The van der Waals surface area contributed by atoms with Crippen LogP contribution in [0.4, 0.5) is 0 Å². The lowest BCUT2D eigenvalue weighted by atomic mass is 10.1. The summed E-state index contributed by atoms with van der Waals surface area (Å²) in [5.74, 6) is 1.19. The third kappa shape index (κ3) is 5.96. The molecule has 0 radical (unpaired) electrons. The van der Waals surface area contributed by atoms with Gasteiger partial charge in [0.2, 0.25) is 5.91 Å². The van der Waals surface area contributed by atoms with Crippen LogP contribution in [0, 0.1) is 5.92 Å². The minimum absolute atomic E-state index is 0.0506. The molecule has 1 fully saturated rings. The van der Waals surface area contributed by atoms with Crippen molar-refractivity contribution in [1.82, 2.24) is 9.80 Å². The van der Waals surface area contributed by atoms with Crippen LogP contribution in [0.2, 0.25) is 0 Å². The molecule has 2 aromatic rings. The number of ether oxygens (including phenoxy) is 1. The molecule has 1 heterocycles. The maximum absolute atomic E-state index is 12.5. The highest BCUT2D eigenvalue weighted by atomic mass is 16.5. The lowest BCUT2D eigenvalue weighted by molar-refractivity contribution is -0.127. The van der Waals surface area contributed by atoms with Crippen LogP contribution in [0.25, 0.3) is 0 Å². The predicted molar refractivity (Wildman–Crippen MR) is 113 cm³/mol. The standard InChI is InChI=1S/C24H30N2O2/c1-20(2)24(27)26-16-15-25(14-13-21-9-5-3-6-10-21)17-22(18-26)19-28-23-11-7-4-8-12-23/h3-12,22H,1,13-19H2,2H3. The minimum atomic E-state index is 0.0506. The molecule has 1 aliphatic rings. The van der Waals surface area contributed by atoms with E-state index in [4.69, 9.17) is 4.74 Å². The third-order valence-corrected chi connectivity index (χ3v) is 5.12. The molecule has 0 saturated carbocycles. The van der Waals surface area contributed by atoms with Gasteiger partial charge in [0.15, 0.2) is 0 Å². The number of rotatable bonds is 7. The molecule has 1 amide bonds. The van der Waals surface area contributed by atoms with Crippen LogP contribution in [0.1, 0.15) is 12.5 Å². The Balaban J connectivity index is 1.63. The summed E-state index contributed by atoms with van der Waals surface area (Å²) < 4.78 is 6.01. The average Bonchev–Trinajstić information content (AvgIpc) is 2.94. The first-order valence-electron chi connectivity index (χ1n) is 10.0. The van der Waals surface area contributed by atoms with E-state index in [1.54, 1.807) is 6.92 Å². The van der Waals surface area contributed by atoms with E-state index in [9.17, 15) is 4.79 Å². The van der Waals surface area contributed by atoms with Crippen molar-refractivity contribution < 1.29 is 9.53 Å². The number of carbonyl (C=O) groups excluding carboxylic acids is 1. The number of hydrogen-bond acceptors (Lipinski definition) is 3. The van der Waals surface area contributed by atoms with Gasteiger partial charge in [-0.15, -0.1) is 0 Å². The van der Waals surface area contributed by atoms with Crippen LogP contribution < -0.4 is 4.74 Å². The molecule has 0 spiro atoms. The van der Waals surface area contributed by atoms with Gasteiger partial charge >= 0.3 is 0 Å². The predicted octanol–water partition coefficient (Wildman–Crippen LogP) is 3.64. The Bertz CT molecular complexity index is 761. The number of nitrogens with zero attached hydrogens (tertiary/aromatic N) is 2. The molecule has 4 nitrogen and oxygen atoms in total. The zero-order valence-electron chi connectivity index (χ0n) is 16.7. The zero-order chi connectivity index (χ0) is 19.8. The van der Waals surface area contributed by atoms with Crippen molar-refractivity contribution >= 4 is 5.91 Å². The van der Waals surface area contributed by atoms with Gasteiger partial charge in [-0.1, -0.05) is 55.1 Å². The van der Waals surface area contributed by atoms with Gasteiger partial charge in [0.25, 0.3) is 0 Å². The first-order valence-corrected chi connectivity index (χ1v) is 10.0. The van der Waals surface area contributed by atoms with Gasteiger partial charge in [-0.05, 0) is 31.0 Å². The van der Waals surface area contributed by atoms with E-state index in [-0.39, 0.29) is 11.8 Å². The Morgan fingerprint density at radius 1 is 1.04 bits per heavy atom. The van der Waals surface area contributed by atoms with Gasteiger partial charge in [-0.2, -0.15) is 0 Å². The second-order valence-electron chi connectivity index (χ2n) is 7.56. The molecule has 4 heteroatoms. The maximum Gasteiger partial charge on any atom is 0.248 e. The molecule has 1 atom stereocenters. The summed E-state index contributed by atoms with van der Waals surface area (Å²) >= 11 is 0. The fraction of sp³-hybridized carbons (Fsp3) is 0.375. The first-order chi connectivity index (χ1) is 13.6. The molecule has 1 saturated heterocycles. The highest BCUT2D eigenvalue weighted by Crippen LogP contribution is 2.16. The second-order valence-corrected chi connectivity index (χ2v) is 7.56. The number of carbonyl (C=O) groups is 1. The van der Waals surface area contributed by atoms with Gasteiger partial charge in [0.05, 0.1) is 6.61 Å². The van der Waals surface area contributed by atoms with Crippen molar-refractivity contribution in [2.45, 2.75) is 13.3 Å². The van der Waals surface area contributed by atoms with Crippen molar-refractivity contribution in [3.8, 4) is 5.75 Å². The normalized spacial score (nSPS) is 17.8. The summed E-state index contributed by atoms with van der Waals surface area (Å²) in [5, 5.41) is 0. The van der Waals surface area contributed by atoms with E-state index in [0.29, 0.717) is 18.7 Å². The van der Waals surface area contributed by atoms with Gasteiger partial charge in [0, 0.05) is 44.2 Å². The lowest BCUT2D eigenvalue weighted by Crippen LogP contribution is -2.37. The molecule has 28 heavy (non-hydrogen) atoms. The van der Waals surface area contributed by atoms with E-state index in [0.717, 1.165) is 38.3 Å². The van der Waals surface area contributed by atoms with Crippen molar-refractivity contribution in [1.29, 1.82) is 0 Å². The fourth-order valence-electron chi connectivity index (χ4n) is 3.60. The second kappa shape index (κ2) is 10.1. The van der Waals surface area contributed by atoms with Crippen LogP contribution in [0.15, 0.2) is 72.8 Å². The van der Waals surface area contributed by atoms with Gasteiger partial charge < -0.3 is 14.5 Å². The van der Waals surface area contributed by atoms with Crippen LogP contribution in [0.5, 0.6) is 5.75 Å². The number of benzene rings is 2. The van der Waals surface area contributed by atoms with E-state index >= 15 is 0 Å². The van der Waals surface area contributed by atoms with Crippen molar-refractivity contribution in [3.05, 3.63) is 78.4 Å². The van der Waals surface area contributed by atoms with Gasteiger partial charge in [-0.3, -0.25) is 4.79 Å². The smallest absolute Gasteiger partial charge is 0.248 e. The Labute approximate surface area is 168 Å². The topological polar surface area (TPSA) is 32.8 Å². The maximum atomic E-state index is 12.5. The summed E-state index contributed by atoms with van der Waals surface area (Å²) in [4.78, 5) is 16.9. The summed E-state index contributed by atoms with van der Waals surface area (Å²) in [5.41, 5.74) is 1.94. The summed E-state index contributed by atoms with van der Waals surface area (Å²) in [7, 11) is 0. The Kier molecular flexibility index (Phi) is 7.26. The van der Waals surface area contributed by atoms with E-state index in [2.05, 4.69) is 35.7 Å². The van der Waals surface area contributed by atoms with Crippen LogP contribution in [0.3, 0.4) is 0 Å². The number of amides is 1. The van der Waals surface area contributed by atoms with Gasteiger partial charge in [-0.25, -0.2) is 0 Å². The quantitative estimate of drug-likeness (QED) is 0.690. The molecule has 3 rings (SSSR count). The summed E-state index contributed by atoms with van der Waals surface area (Å²) in [6.45, 7) is 10.5. The summed E-state index contributed by atoms with van der Waals surface area (Å²) in [6, 6.07) is 20.4. The SMILES string of the molecule is C=C(C)C(=O)N1CCN(CCc2ccccc2)CC(COc2ccccc2)C1. The molecule has 0 aliphatic carbocycles. The fourth-order valence-corrected chi connectivity index (χ4v) is 3.60. The number of hydrogen-bond donors (Lipinski definition) is 0. The Morgan fingerprint density at radius 2 is 1.71 bits per heavy atom. The zero-order valence-corrected chi connectivity index (χ0v) is 16.7. The lowest BCUT2D eigenvalue weighted by Gasteiger charge is -2.25.